The van der Waals surface area contributed by atoms with Gasteiger partial charge in [-0.15, -0.1) is 0 Å². The fraction of sp³-hybridized carbons (Fsp3) is 0.927. The van der Waals surface area contributed by atoms with Crippen molar-refractivity contribution in [1.82, 2.24) is 5.32 Å². The second-order valence-electron chi connectivity index (χ2n) is 14.7. The van der Waals surface area contributed by atoms with Gasteiger partial charge >= 0.3 is 7.82 Å². The van der Waals surface area contributed by atoms with E-state index in [1.165, 1.54) is 161 Å². The van der Waals surface area contributed by atoms with E-state index in [9.17, 15) is 14.5 Å². The molecule has 4 N–H and O–H groups in total. The van der Waals surface area contributed by atoms with Crippen molar-refractivity contribution >= 4 is 13.7 Å². The molecule has 0 aliphatic heterocycles. The second-order valence-corrected chi connectivity index (χ2v) is 15.9. The second kappa shape index (κ2) is 37.1. The van der Waals surface area contributed by atoms with Crippen molar-refractivity contribution in [3.63, 3.8) is 0 Å². The van der Waals surface area contributed by atoms with Gasteiger partial charge in [0.2, 0.25) is 5.91 Å². The van der Waals surface area contributed by atoms with Gasteiger partial charge in [0, 0.05) is 6.42 Å². The van der Waals surface area contributed by atoms with Crippen LogP contribution in [0, 0.1) is 0 Å². The molecule has 8 heteroatoms. The van der Waals surface area contributed by atoms with E-state index in [0.29, 0.717) is 12.8 Å². The van der Waals surface area contributed by atoms with Crippen LogP contribution in [0.4, 0.5) is 0 Å². The zero-order valence-electron chi connectivity index (χ0n) is 32.4. The van der Waals surface area contributed by atoms with Crippen LogP contribution in [0.2, 0.25) is 0 Å². The van der Waals surface area contributed by atoms with Crippen LogP contribution in [0.15, 0.2) is 12.2 Å². The van der Waals surface area contributed by atoms with Crippen molar-refractivity contribution < 1.29 is 28.8 Å². The number of amides is 1. The Morgan fingerprint density at radius 3 is 1.31 bits per heavy atom. The Balaban J connectivity index is 3.78. The summed E-state index contributed by atoms with van der Waals surface area (Å²) in [5.74, 6) is -0.193. The topological polar surface area (TPSA) is 116 Å². The minimum atomic E-state index is -4.68. The Morgan fingerprint density at radius 1 is 0.571 bits per heavy atom. The zero-order chi connectivity index (χ0) is 36.1. The van der Waals surface area contributed by atoms with E-state index in [-0.39, 0.29) is 5.91 Å². The molecule has 292 valence electrons. The first-order valence-corrected chi connectivity index (χ1v) is 22.7. The quantitative estimate of drug-likeness (QED) is 0.0286. The first kappa shape index (κ1) is 48.3. The SMILES string of the molecule is CCCCCCCC/C=C\CCCCCCCCCCCCCCCC(=O)N[C@@H](COP(=O)(O)O)[C@H](O)CCCCCCCCCCCC. The van der Waals surface area contributed by atoms with E-state index in [2.05, 4.69) is 35.8 Å². The summed E-state index contributed by atoms with van der Waals surface area (Å²) in [6.07, 6.45) is 43.5. The highest BCUT2D eigenvalue weighted by Gasteiger charge is 2.25. The normalized spacial score (nSPS) is 13.3. The van der Waals surface area contributed by atoms with E-state index in [0.717, 1.165) is 38.5 Å². The van der Waals surface area contributed by atoms with Crippen LogP contribution in [0.25, 0.3) is 0 Å². The first-order valence-electron chi connectivity index (χ1n) is 21.1. The number of nitrogens with one attached hydrogen (secondary N) is 1. The molecule has 0 aromatic rings. The van der Waals surface area contributed by atoms with Gasteiger partial charge in [-0.05, 0) is 38.5 Å². The van der Waals surface area contributed by atoms with Crippen LogP contribution in [-0.4, -0.2) is 39.6 Å². The van der Waals surface area contributed by atoms with Gasteiger partial charge in [0.25, 0.3) is 0 Å². The summed E-state index contributed by atoms with van der Waals surface area (Å²) in [6.45, 7) is 4.11. The van der Waals surface area contributed by atoms with Crippen molar-refractivity contribution in [3.8, 4) is 0 Å². The molecule has 49 heavy (non-hydrogen) atoms. The fourth-order valence-electron chi connectivity index (χ4n) is 6.52. The molecule has 0 aliphatic carbocycles. The van der Waals surface area contributed by atoms with Gasteiger partial charge in [-0.2, -0.15) is 0 Å². The van der Waals surface area contributed by atoms with Crippen molar-refractivity contribution in [2.75, 3.05) is 6.61 Å². The summed E-state index contributed by atoms with van der Waals surface area (Å²) in [5, 5.41) is 13.5. The van der Waals surface area contributed by atoms with Crippen LogP contribution in [0.3, 0.4) is 0 Å². The van der Waals surface area contributed by atoms with Gasteiger partial charge in [0.15, 0.2) is 0 Å². The van der Waals surface area contributed by atoms with Crippen molar-refractivity contribution in [2.24, 2.45) is 0 Å². The van der Waals surface area contributed by atoms with E-state index in [1.807, 2.05) is 0 Å². The molecule has 0 aromatic carbocycles. The summed E-state index contributed by atoms with van der Waals surface area (Å²) >= 11 is 0. The van der Waals surface area contributed by atoms with Gasteiger partial charge in [-0.25, -0.2) is 4.57 Å². The molecule has 0 saturated carbocycles. The average molecular weight is 716 g/mol. The highest BCUT2D eigenvalue weighted by molar-refractivity contribution is 7.46. The molecule has 0 aromatic heterocycles. The Morgan fingerprint density at radius 2 is 0.918 bits per heavy atom. The summed E-state index contributed by atoms with van der Waals surface area (Å²) in [4.78, 5) is 30.8. The molecular weight excluding hydrogens is 633 g/mol. The van der Waals surface area contributed by atoms with Crippen molar-refractivity contribution in [1.29, 1.82) is 0 Å². The van der Waals surface area contributed by atoms with Gasteiger partial charge < -0.3 is 20.2 Å². The number of allylic oxidation sites excluding steroid dienone is 2. The molecule has 0 saturated heterocycles. The summed E-state index contributed by atoms with van der Waals surface area (Å²) in [5.41, 5.74) is 0. The lowest BCUT2D eigenvalue weighted by molar-refractivity contribution is -0.123. The van der Waals surface area contributed by atoms with Crippen molar-refractivity contribution in [2.45, 2.75) is 238 Å². The van der Waals surface area contributed by atoms with Gasteiger partial charge in [-0.1, -0.05) is 193 Å². The fourth-order valence-corrected chi connectivity index (χ4v) is 6.87. The van der Waals surface area contributed by atoms with E-state index < -0.39 is 26.6 Å². The number of hydrogen-bond acceptors (Lipinski definition) is 4. The van der Waals surface area contributed by atoms with Gasteiger partial charge in [-0.3, -0.25) is 9.32 Å². The number of aliphatic hydroxyl groups is 1. The molecular formula is C41H82NO6P. The smallest absolute Gasteiger partial charge is 0.391 e. The molecule has 0 heterocycles. The molecule has 0 spiro atoms. The van der Waals surface area contributed by atoms with E-state index in [1.54, 1.807) is 0 Å². The molecule has 0 bridgehead atoms. The molecule has 1 amide bonds. The lowest BCUT2D eigenvalue weighted by Gasteiger charge is -2.24. The molecule has 0 aliphatic rings. The molecule has 0 radical (unpaired) electrons. The average Bonchev–Trinajstić information content (AvgIpc) is 3.07. The number of carbonyl (C=O) groups is 1. The highest BCUT2D eigenvalue weighted by atomic mass is 31.2. The van der Waals surface area contributed by atoms with Crippen molar-refractivity contribution in [3.05, 3.63) is 12.2 Å². The molecule has 0 rings (SSSR count). The third kappa shape index (κ3) is 38.3. The number of aliphatic hydroxyl groups excluding tert-OH is 1. The Hall–Kier alpha value is -0.720. The number of unbranched alkanes of at least 4 members (excludes halogenated alkanes) is 28. The first-order chi connectivity index (χ1) is 23.8. The molecule has 2 atom stereocenters. The minimum absolute atomic E-state index is 0.193. The number of rotatable bonds is 39. The Labute approximate surface area is 303 Å². The number of carbonyl (C=O) groups excluding carboxylic acids is 1. The largest absolute Gasteiger partial charge is 0.469 e. The summed E-state index contributed by atoms with van der Waals surface area (Å²) in [6, 6.07) is -0.819. The monoisotopic (exact) mass is 716 g/mol. The Bertz CT molecular complexity index is 773. The molecule has 7 nitrogen and oxygen atoms in total. The van der Waals surface area contributed by atoms with Crippen LogP contribution in [0.5, 0.6) is 0 Å². The lowest BCUT2D eigenvalue weighted by atomic mass is 10.0. The highest BCUT2D eigenvalue weighted by Crippen LogP contribution is 2.36. The van der Waals surface area contributed by atoms with Crippen LogP contribution < -0.4 is 5.32 Å². The third-order valence-electron chi connectivity index (χ3n) is 9.75. The van der Waals surface area contributed by atoms with E-state index in [4.69, 9.17) is 9.79 Å². The standard InChI is InChI=1S/C41H82NO6P/c1-3-5-7-9-11-13-15-16-17-18-19-20-21-22-23-24-25-26-27-29-31-33-35-37-41(44)42-39(38-48-49(45,46)47)40(43)36-34-32-30-28-14-12-10-8-6-4-2/h16-17,39-40,43H,3-15,18-38H2,1-2H3,(H,42,44)(H2,45,46,47)/b17-16-/t39-,40+/m0/s1. The Kier molecular flexibility index (Phi) is 36.5. The maximum atomic E-state index is 12.6. The lowest BCUT2D eigenvalue weighted by Crippen LogP contribution is -2.46. The zero-order valence-corrected chi connectivity index (χ0v) is 33.3. The number of phosphoric ester groups is 1. The maximum Gasteiger partial charge on any atom is 0.469 e. The van der Waals surface area contributed by atoms with Crippen LogP contribution >= 0.6 is 7.82 Å². The number of hydrogen-bond donors (Lipinski definition) is 4. The summed E-state index contributed by atoms with van der Waals surface area (Å²) in [7, 11) is -4.68. The molecule has 0 unspecified atom stereocenters. The van der Waals surface area contributed by atoms with Crippen LogP contribution in [-0.2, 0) is 13.9 Å². The van der Waals surface area contributed by atoms with Crippen LogP contribution in [0.1, 0.15) is 226 Å². The third-order valence-corrected chi connectivity index (χ3v) is 10.2. The minimum Gasteiger partial charge on any atom is -0.391 e. The maximum absolute atomic E-state index is 12.6. The van der Waals surface area contributed by atoms with Gasteiger partial charge in [0.1, 0.15) is 0 Å². The predicted octanol–water partition coefficient (Wildman–Crippen LogP) is 12.4. The number of phosphoric acid groups is 1. The van der Waals surface area contributed by atoms with Gasteiger partial charge in [0.05, 0.1) is 18.8 Å². The molecule has 0 fully saturated rings. The summed E-state index contributed by atoms with van der Waals surface area (Å²) < 4.78 is 15.9. The van der Waals surface area contributed by atoms with E-state index >= 15 is 0 Å². The predicted molar refractivity (Wildman–Crippen MR) is 209 cm³/mol.